The maximum Gasteiger partial charge on any atom is 0.254 e. The van der Waals surface area contributed by atoms with E-state index in [1.165, 1.54) is 6.07 Å². The molecule has 1 saturated carbocycles. The lowest BCUT2D eigenvalue weighted by Gasteiger charge is -2.13. The highest BCUT2D eigenvalue weighted by molar-refractivity contribution is 5.96. The summed E-state index contributed by atoms with van der Waals surface area (Å²) in [5.41, 5.74) is 0.880. The van der Waals surface area contributed by atoms with Gasteiger partial charge in [-0.3, -0.25) is 4.79 Å². The zero-order chi connectivity index (χ0) is 11.5. The van der Waals surface area contributed by atoms with Crippen LogP contribution >= 0.6 is 0 Å². The van der Waals surface area contributed by atoms with Gasteiger partial charge in [0.1, 0.15) is 5.82 Å². The molecule has 0 aromatic heterocycles. The summed E-state index contributed by atoms with van der Waals surface area (Å²) in [5.74, 6) is -0.710. The van der Waals surface area contributed by atoms with Crippen molar-refractivity contribution in [2.24, 2.45) is 0 Å². The van der Waals surface area contributed by atoms with Crippen molar-refractivity contribution in [2.45, 2.75) is 38.6 Å². The number of halogens is 1. The predicted octanol–water partition coefficient (Wildman–Crippen LogP) is 2.81. The first-order chi connectivity index (χ1) is 7.68. The van der Waals surface area contributed by atoms with Gasteiger partial charge < -0.3 is 5.32 Å². The van der Waals surface area contributed by atoms with Crippen molar-refractivity contribution in [3.05, 3.63) is 35.1 Å². The molecule has 1 aromatic carbocycles. The molecule has 0 unspecified atom stereocenters. The monoisotopic (exact) mass is 221 g/mol. The second kappa shape index (κ2) is 4.64. The number of benzene rings is 1. The average molecular weight is 221 g/mol. The van der Waals surface area contributed by atoms with Crippen LogP contribution in [0.5, 0.6) is 0 Å². The molecule has 0 radical (unpaired) electrons. The summed E-state index contributed by atoms with van der Waals surface area (Å²) in [5, 5.41) is 2.90. The lowest BCUT2D eigenvalue weighted by Crippen LogP contribution is -2.33. The van der Waals surface area contributed by atoms with E-state index in [0.29, 0.717) is 5.56 Å². The second-order valence-electron chi connectivity index (χ2n) is 4.39. The standard InChI is InChI=1S/C13H16FNO/c1-9-5-4-8-11(14)12(9)13(16)15-10-6-2-3-7-10/h4-5,8,10H,2-3,6-7H2,1H3,(H,15,16). The predicted molar refractivity (Wildman–Crippen MR) is 60.9 cm³/mol. The van der Waals surface area contributed by atoms with Crippen LogP contribution in [0, 0.1) is 12.7 Å². The summed E-state index contributed by atoms with van der Waals surface area (Å²) >= 11 is 0. The Morgan fingerprint density at radius 1 is 1.38 bits per heavy atom. The van der Waals surface area contributed by atoms with Gasteiger partial charge in [-0.05, 0) is 31.4 Å². The summed E-state index contributed by atoms with van der Waals surface area (Å²) in [7, 11) is 0. The zero-order valence-corrected chi connectivity index (χ0v) is 9.42. The van der Waals surface area contributed by atoms with E-state index in [0.717, 1.165) is 25.7 Å². The van der Waals surface area contributed by atoms with Crippen LogP contribution in [0.15, 0.2) is 18.2 Å². The molecular weight excluding hydrogens is 205 g/mol. The third kappa shape index (κ3) is 2.23. The van der Waals surface area contributed by atoms with Gasteiger partial charge in [0.25, 0.3) is 5.91 Å². The molecule has 3 heteroatoms. The molecule has 2 nitrogen and oxygen atoms in total. The third-order valence-electron chi connectivity index (χ3n) is 3.14. The minimum absolute atomic E-state index is 0.189. The molecular formula is C13H16FNO. The minimum atomic E-state index is -0.435. The van der Waals surface area contributed by atoms with Crippen molar-refractivity contribution in [3.63, 3.8) is 0 Å². The van der Waals surface area contributed by atoms with Crippen molar-refractivity contribution in [2.75, 3.05) is 0 Å². The Kier molecular flexibility index (Phi) is 3.22. The van der Waals surface area contributed by atoms with E-state index in [9.17, 15) is 9.18 Å². The zero-order valence-electron chi connectivity index (χ0n) is 9.42. The molecule has 1 aromatic rings. The summed E-state index contributed by atoms with van der Waals surface area (Å²) in [6.07, 6.45) is 4.33. The van der Waals surface area contributed by atoms with Crippen molar-refractivity contribution < 1.29 is 9.18 Å². The topological polar surface area (TPSA) is 29.1 Å². The first-order valence-corrected chi connectivity index (χ1v) is 5.74. The molecule has 2 rings (SSSR count). The van der Waals surface area contributed by atoms with Crippen molar-refractivity contribution in [1.82, 2.24) is 5.32 Å². The summed E-state index contributed by atoms with van der Waals surface area (Å²) in [6.45, 7) is 1.76. The summed E-state index contributed by atoms with van der Waals surface area (Å²) in [4.78, 5) is 11.9. The fourth-order valence-corrected chi connectivity index (χ4v) is 2.25. The Hall–Kier alpha value is -1.38. The molecule has 1 amide bonds. The van der Waals surface area contributed by atoms with E-state index in [1.807, 2.05) is 0 Å². The molecule has 0 aliphatic heterocycles. The number of aryl methyl sites for hydroxylation is 1. The van der Waals surface area contributed by atoms with Crippen LogP contribution in [0.25, 0.3) is 0 Å². The van der Waals surface area contributed by atoms with Gasteiger partial charge in [-0.15, -0.1) is 0 Å². The highest BCUT2D eigenvalue weighted by atomic mass is 19.1. The van der Waals surface area contributed by atoms with Crippen molar-refractivity contribution >= 4 is 5.91 Å². The largest absolute Gasteiger partial charge is 0.349 e. The highest BCUT2D eigenvalue weighted by Crippen LogP contribution is 2.19. The van der Waals surface area contributed by atoms with Crippen LogP contribution in [-0.4, -0.2) is 11.9 Å². The van der Waals surface area contributed by atoms with Crippen LogP contribution < -0.4 is 5.32 Å². The molecule has 1 fully saturated rings. The lowest BCUT2D eigenvalue weighted by atomic mass is 10.1. The molecule has 0 bridgehead atoms. The van der Waals surface area contributed by atoms with Gasteiger partial charge in [-0.2, -0.15) is 0 Å². The van der Waals surface area contributed by atoms with Gasteiger partial charge in [0.15, 0.2) is 0 Å². The van der Waals surface area contributed by atoms with Crippen molar-refractivity contribution in [3.8, 4) is 0 Å². The molecule has 0 saturated heterocycles. The van der Waals surface area contributed by atoms with E-state index in [2.05, 4.69) is 5.32 Å². The minimum Gasteiger partial charge on any atom is -0.349 e. The molecule has 1 N–H and O–H groups in total. The molecule has 0 spiro atoms. The van der Waals surface area contributed by atoms with Gasteiger partial charge in [0, 0.05) is 6.04 Å². The molecule has 1 aliphatic carbocycles. The van der Waals surface area contributed by atoms with E-state index >= 15 is 0 Å². The SMILES string of the molecule is Cc1cccc(F)c1C(=O)NC1CCCC1. The Balaban J connectivity index is 2.13. The van der Waals surface area contributed by atoms with Crippen LogP contribution in [-0.2, 0) is 0 Å². The quantitative estimate of drug-likeness (QED) is 0.817. The van der Waals surface area contributed by atoms with Crippen LogP contribution in [0.2, 0.25) is 0 Å². The Bertz CT molecular complexity index is 377. The molecule has 0 atom stereocenters. The average Bonchev–Trinajstić information content (AvgIpc) is 2.70. The fraction of sp³-hybridized carbons (Fsp3) is 0.462. The Morgan fingerprint density at radius 3 is 2.69 bits per heavy atom. The van der Waals surface area contributed by atoms with Gasteiger partial charge in [-0.25, -0.2) is 4.39 Å². The molecule has 16 heavy (non-hydrogen) atoms. The molecule has 0 heterocycles. The molecule has 1 aliphatic rings. The number of rotatable bonds is 2. The first-order valence-electron chi connectivity index (χ1n) is 5.74. The van der Waals surface area contributed by atoms with Crippen LogP contribution in [0.3, 0.4) is 0 Å². The Labute approximate surface area is 94.9 Å². The Morgan fingerprint density at radius 2 is 2.06 bits per heavy atom. The van der Waals surface area contributed by atoms with E-state index in [4.69, 9.17) is 0 Å². The third-order valence-corrected chi connectivity index (χ3v) is 3.14. The van der Waals surface area contributed by atoms with E-state index in [1.54, 1.807) is 19.1 Å². The summed E-state index contributed by atoms with van der Waals surface area (Å²) in [6, 6.07) is 4.94. The van der Waals surface area contributed by atoms with E-state index in [-0.39, 0.29) is 17.5 Å². The normalized spacial score (nSPS) is 16.4. The van der Waals surface area contributed by atoms with Gasteiger partial charge >= 0.3 is 0 Å². The number of carbonyl (C=O) groups is 1. The second-order valence-corrected chi connectivity index (χ2v) is 4.39. The lowest BCUT2D eigenvalue weighted by molar-refractivity contribution is 0.0933. The number of carbonyl (C=O) groups excluding carboxylic acids is 1. The first kappa shape index (κ1) is 11.1. The van der Waals surface area contributed by atoms with Gasteiger partial charge in [0.2, 0.25) is 0 Å². The number of amides is 1. The maximum atomic E-state index is 13.5. The number of nitrogens with one attached hydrogen (secondary N) is 1. The number of hydrogen-bond donors (Lipinski definition) is 1. The molecule has 86 valence electrons. The maximum absolute atomic E-state index is 13.5. The van der Waals surface area contributed by atoms with Crippen LogP contribution in [0.4, 0.5) is 4.39 Å². The highest BCUT2D eigenvalue weighted by Gasteiger charge is 2.20. The fourth-order valence-electron chi connectivity index (χ4n) is 2.25. The van der Waals surface area contributed by atoms with Crippen LogP contribution in [0.1, 0.15) is 41.6 Å². The number of hydrogen-bond acceptors (Lipinski definition) is 1. The van der Waals surface area contributed by atoms with Gasteiger partial charge in [-0.1, -0.05) is 25.0 Å². The smallest absolute Gasteiger partial charge is 0.254 e. The summed E-state index contributed by atoms with van der Waals surface area (Å²) < 4.78 is 13.5. The van der Waals surface area contributed by atoms with E-state index < -0.39 is 5.82 Å². The van der Waals surface area contributed by atoms with Crippen molar-refractivity contribution in [1.29, 1.82) is 0 Å². The van der Waals surface area contributed by atoms with Gasteiger partial charge in [0.05, 0.1) is 5.56 Å².